The maximum atomic E-state index is 12.0. The summed E-state index contributed by atoms with van der Waals surface area (Å²) in [6.45, 7) is 3.52. The van der Waals surface area contributed by atoms with E-state index in [0.717, 1.165) is 3.57 Å². The fourth-order valence-electron chi connectivity index (χ4n) is 1.70. The molecule has 0 spiro atoms. The number of nitrogens with one attached hydrogen (secondary N) is 2. The molecular formula is C15H20IN3O3. The molecule has 6 nitrogen and oxygen atoms in total. The molecule has 0 radical (unpaired) electrons. The van der Waals surface area contributed by atoms with Gasteiger partial charge in [-0.25, -0.2) is 0 Å². The predicted octanol–water partition coefficient (Wildman–Crippen LogP) is 1.00. The Kier molecular flexibility index (Phi) is 7.30. The van der Waals surface area contributed by atoms with Crippen LogP contribution in [0.4, 0.5) is 0 Å². The van der Waals surface area contributed by atoms with E-state index in [2.05, 4.69) is 33.2 Å². The van der Waals surface area contributed by atoms with E-state index in [-0.39, 0.29) is 36.9 Å². The van der Waals surface area contributed by atoms with Gasteiger partial charge in [0.1, 0.15) is 0 Å². The molecule has 120 valence electrons. The molecule has 0 atom stereocenters. The van der Waals surface area contributed by atoms with E-state index in [1.165, 1.54) is 11.9 Å². The van der Waals surface area contributed by atoms with Crippen molar-refractivity contribution in [3.8, 4) is 0 Å². The van der Waals surface area contributed by atoms with Gasteiger partial charge in [-0.15, -0.1) is 0 Å². The van der Waals surface area contributed by atoms with Gasteiger partial charge in [-0.1, -0.05) is 12.1 Å². The van der Waals surface area contributed by atoms with E-state index < -0.39 is 0 Å². The van der Waals surface area contributed by atoms with E-state index >= 15 is 0 Å². The second kappa shape index (κ2) is 8.72. The van der Waals surface area contributed by atoms with Crippen LogP contribution in [0.2, 0.25) is 0 Å². The lowest BCUT2D eigenvalue weighted by Crippen LogP contribution is -2.44. The SMILES string of the molecule is CC(C)NC(=O)CN(C)C(=O)CNC(=O)c1ccccc1I. The van der Waals surface area contributed by atoms with Gasteiger partial charge in [0, 0.05) is 16.7 Å². The summed E-state index contributed by atoms with van der Waals surface area (Å²) in [5.41, 5.74) is 0.524. The van der Waals surface area contributed by atoms with E-state index in [1.807, 2.05) is 26.0 Å². The van der Waals surface area contributed by atoms with Gasteiger partial charge < -0.3 is 15.5 Å². The molecule has 0 saturated heterocycles. The fourth-order valence-corrected chi connectivity index (χ4v) is 2.33. The van der Waals surface area contributed by atoms with Crippen molar-refractivity contribution < 1.29 is 14.4 Å². The Balaban J connectivity index is 2.47. The van der Waals surface area contributed by atoms with Crippen molar-refractivity contribution >= 4 is 40.3 Å². The van der Waals surface area contributed by atoms with Crippen LogP contribution in [0.15, 0.2) is 24.3 Å². The molecule has 0 heterocycles. The first-order chi connectivity index (χ1) is 10.3. The van der Waals surface area contributed by atoms with E-state index in [4.69, 9.17) is 0 Å². The predicted molar refractivity (Wildman–Crippen MR) is 92.4 cm³/mol. The van der Waals surface area contributed by atoms with Gasteiger partial charge >= 0.3 is 0 Å². The fraction of sp³-hybridized carbons (Fsp3) is 0.400. The van der Waals surface area contributed by atoms with Gasteiger partial charge in [-0.3, -0.25) is 14.4 Å². The van der Waals surface area contributed by atoms with Gasteiger partial charge in [-0.2, -0.15) is 0 Å². The molecule has 0 aromatic heterocycles. The normalized spacial score (nSPS) is 10.2. The van der Waals surface area contributed by atoms with Crippen molar-refractivity contribution in [2.24, 2.45) is 0 Å². The molecule has 0 aliphatic rings. The van der Waals surface area contributed by atoms with E-state index in [1.54, 1.807) is 12.1 Å². The minimum atomic E-state index is -0.321. The molecule has 0 saturated carbocycles. The Labute approximate surface area is 143 Å². The van der Waals surface area contributed by atoms with Crippen LogP contribution in [0, 0.1) is 3.57 Å². The summed E-state index contributed by atoms with van der Waals surface area (Å²) in [6.07, 6.45) is 0. The molecule has 0 bridgehead atoms. The number of likely N-dealkylation sites (N-methyl/N-ethyl adjacent to an activating group) is 1. The van der Waals surface area contributed by atoms with Crippen molar-refractivity contribution in [1.82, 2.24) is 15.5 Å². The van der Waals surface area contributed by atoms with Crippen molar-refractivity contribution in [3.05, 3.63) is 33.4 Å². The number of carbonyl (C=O) groups is 3. The molecule has 2 N–H and O–H groups in total. The quantitative estimate of drug-likeness (QED) is 0.679. The van der Waals surface area contributed by atoms with Gasteiger partial charge in [0.15, 0.2) is 0 Å². The summed E-state index contributed by atoms with van der Waals surface area (Å²) in [7, 11) is 1.53. The van der Waals surface area contributed by atoms with E-state index in [0.29, 0.717) is 5.56 Å². The Bertz CT molecular complexity index is 561. The van der Waals surface area contributed by atoms with Gasteiger partial charge in [0.05, 0.1) is 18.7 Å². The lowest BCUT2D eigenvalue weighted by molar-refractivity contribution is -0.134. The van der Waals surface area contributed by atoms with Gasteiger partial charge in [0.25, 0.3) is 5.91 Å². The first-order valence-corrected chi connectivity index (χ1v) is 7.95. The minimum absolute atomic E-state index is 0.0239. The molecule has 0 aliphatic heterocycles. The Morgan fingerprint density at radius 1 is 1.23 bits per heavy atom. The zero-order valence-electron chi connectivity index (χ0n) is 12.9. The monoisotopic (exact) mass is 417 g/mol. The molecule has 22 heavy (non-hydrogen) atoms. The van der Waals surface area contributed by atoms with Crippen LogP contribution in [0.1, 0.15) is 24.2 Å². The minimum Gasteiger partial charge on any atom is -0.352 e. The van der Waals surface area contributed by atoms with Crippen LogP contribution < -0.4 is 10.6 Å². The molecule has 0 aliphatic carbocycles. The van der Waals surface area contributed by atoms with Crippen LogP contribution in [-0.4, -0.2) is 48.8 Å². The lowest BCUT2D eigenvalue weighted by atomic mass is 10.2. The summed E-state index contributed by atoms with van der Waals surface area (Å²) in [5, 5.41) is 5.27. The van der Waals surface area contributed by atoms with Gasteiger partial charge in [-0.05, 0) is 48.6 Å². The summed E-state index contributed by atoms with van der Waals surface area (Å²) in [4.78, 5) is 36.8. The number of halogens is 1. The molecule has 1 aromatic carbocycles. The third-order valence-corrected chi connectivity index (χ3v) is 3.72. The molecule has 0 unspecified atom stereocenters. The highest BCUT2D eigenvalue weighted by Gasteiger charge is 2.15. The number of benzene rings is 1. The Hall–Kier alpha value is -1.64. The lowest BCUT2D eigenvalue weighted by Gasteiger charge is -2.18. The van der Waals surface area contributed by atoms with Crippen LogP contribution in [-0.2, 0) is 9.59 Å². The summed E-state index contributed by atoms with van der Waals surface area (Å²) < 4.78 is 0.815. The highest BCUT2D eigenvalue weighted by molar-refractivity contribution is 14.1. The van der Waals surface area contributed by atoms with Gasteiger partial charge in [0.2, 0.25) is 11.8 Å². The Morgan fingerprint density at radius 2 is 1.86 bits per heavy atom. The highest BCUT2D eigenvalue weighted by atomic mass is 127. The summed E-state index contributed by atoms with van der Waals surface area (Å²) >= 11 is 2.06. The zero-order chi connectivity index (χ0) is 16.7. The average Bonchev–Trinajstić information content (AvgIpc) is 2.43. The maximum Gasteiger partial charge on any atom is 0.252 e. The van der Waals surface area contributed by atoms with Crippen molar-refractivity contribution in [3.63, 3.8) is 0 Å². The van der Waals surface area contributed by atoms with E-state index in [9.17, 15) is 14.4 Å². The first kappa shape index (κ1) is 18.4. The molecule has 3 amide bonds. The first-order valence-electron chi connectivity index (χ1n) is 6.87. The van der Waals surface area contributed by atoms with Crippen molar-refractivity contribution in [2.45, 2.75) is 19.9 Å². The number of carbonyl (C=O) groups excluding carboxylic acids is 3. The second-order valence-electron chi connectivity index (χ2n) is 5.13. The third-order valence-electron chi connectivity index (χ3n) is 2.77. The largest absolute Gasteiger partial charge is 0.352 e. The topological polar surface area (TPSA) is 78.5 Å². The highest BCUT2D eigenvalue weighted by Crippen LogP contribution is 2.10. The number of hydrogen-bond acceptors (Lipinski definition) is 3. The second-order valence-corrected chi connectivity index (χ2v) is 6.30. The van der Waals surface area contributed by atoms with Crippen LogP contribution >= 0.6 is 22.6 Å². The van der Waals surface area contributed by atoms with Crippen LogP contribution in [0.5, 0.6) is 0 Å². The molecule has 0 fully saturated rings. The molecule has 7 heteroatoms. The van der Waals surface area contributed by atoms with Crippen molar-refractivity contribution in [2.75, 3.05) is 20.1 Å². The Morgan fingerprint density at radius 3 is 2.45 bits per heavy atom. The summed E-state index contributed by atoms with van der Waals surface area (Å²) in [5.74, 6) is -0.855. The third kappa shape index (κ3) is 6.00. The number of rotatable bonds is 6. The number of hydrogen-bond donors (Lipinski definition) is 2. The van der Waals surface area contributed by atoms with Crippen LogP contribution in [0.25, 0.3) is 0 Å². The molecular weight excluding hydrogens is 397 g/mol. The smallest absolute Gasteiger partial charge is 0.252 e. The van der Waals surface area contributed by atoms with Crippen LogP contribution in [0.3, 0.4) is 0 Å². The standard InChI is InChI=1S/C15H20IN3O3/c1-10(2)18-13(20)9-19(3)14(21)8-17-15(22)11-6-4-5-7-12(11)16/h4-7,10H,8-9H2,1-3H3,(H,17,22)(H,18,20). The van der Waals surface area contributed by atoms with Crippen molar-refractivity contribution in [1.29, 1.82) is 0 Å². The summed E-state index contributed by atoms with van der Waals surface area (Å²) in [6, 6.07) is 7.14. The zero-order valence-corrected chi connectivity index (χ0v) is 15.0. The maximum absolute atomic E-state index is 12.0. The number of amides is 3. The molecule has 1 aromatic rings. The molecule has 1 rings (SSSR count). The number of nitrogens with zero attached hydrogens (tertiary/aromatic N) is 1. The average molecular weight is 417 g/mol.